The van der Waals surface area contributed by atoms with Crippen molar-refractivity contribution in [2.45, 2.75) is 24.8 Å². The lowest BCUT2D eigenvalue weighted by atomic mass is 9.99. The SMILES string of the molecule is NC1=Nc2nccc(C3CC3)c2C(c2cccs2)=NC1c1cccc(F)c1. The molecule has 27 heavy (non-hydrogen) atoms. The van der Waals surface area contributed by atoms with Crippen LogP contribution in [0.3, 0.4) is 0 Å². The lowest BCUT2D eigenvalue weighted by Crippen LogP contribution is -2.20. The molecule has 3 aromatic rings. The largest absolute Gasteiger partial charge is 0.385 e. The van der Waals surface area contributed by atoms with Gasteiger partial charge in [-0.2, -0.15) is 0 Å². The molecule has 1 aliphatic carbocycles. The maximum absolute atomic E-state index is 13.8. The summed E-state index contributed by atoms with van der Waals surface area (Å²) in [4.78, 5) is 15.1. The van der Waals surface area contributed by atoms with Gasteiger partial charge in [0.15, 0.2) is 5.82 Å². The number of rotatable bonds is 3. The average Bonchev–Trinajstić information content (AvgIpc) is 3.40. The maximum Gasteiger partial charge on any atom is 0.163 e. The van der Waals surface area contributed by atoms with Gasteiger partial charge < -0.3 is 5.73 Å². The van der Waals surface area contributed by atoms with Gasteiger partial charge in [-0.3, -0.25) is 4.99 Å². The van der Waals surface area contributed by atoms with Crippen LogP contribution in [0.5, 0.6) is 0 Å². The van der Waals surface area contributed by atoms with Gasteiger partial charge in [-0.15, -0.1) is 11.3 Å². The second kappa shape index (κ2) is 6.39. The van der Waals surface area contributed by atoms with Crippen LogP contribution in [-0.2, 0) is 0 Å². The predicted molar refractivity (Wildman–Crippen MR) is 107 cm³/mol. The van der Waals surface area contributed by atoms with Crippen molar-refractivity contribution in [3.8, 4) is 0 Å². The van der Waals surface area contributed by atoms with Gasteiger partial charge in [-0.05, 0) is 59.5 Å². The van der Waals surface area contributed by atoms with Gasteiger partial charge in [-0.1, -0.05) is 18.2 Å². The van der Waals surface area contributed by atoms with Crippen molar-refractivity contribution < 1.29 is 4.39 Å². The number of halogens is 1. The number of nitrogens with zero attached hydrogens (tertiary/aromatic N) is 3. The third-order valence-corrected chi connectivity index (χ3v) is 5.79. The quantitative estimate of drug-likeness (QED) is 0.717. The molecule has 0 amide bonds. The number of pyridine rings is 1. The minimum absolute atomic E-state index is 0.313. The summed E-state index contributed by atoms with van der Waals surface area (Å²) in [5, 5.41) is 2.02. The second-order valence-electron chi connectivity index (χ2n) is 6.82. The first-order valence-electron chi connectivity index (χ1n) is 8.91. The van der Waals surface area contributed by atoms with E-state index in [0.717, 1.165) is 16.2 Å². The Bertz CT molecular complexity index is 1070. The van der Waals surface area contributed by atoms with Crippen LogP contribution in [0.25, 0.3) is 0 Å². The summed E-state index contributed by atoms with van der Waals surface area (Å²) >= 11 is 1.62. The first kappa shape index (κ1) is 16.3. The Labute approximate surface area is 160 Å². The highest BCUT2D eigenvalue weighted by Gasteiger charge is 2.32. The van der Waals surface area contributed by atoms with Crippen LogP contribution >= 0.6 is 11.3 Å². The van der Waals surface area contributed by atoms with Crippen molar-refractivity contribution in [1.29, 1.82) is 0 Å². The van der Waals surface area contributed by atoms with Crippen LogP contribution in [0.2, 0.25) is 0 Å². The molecule has 2 N–H and O–H groups in total. The Morgan fingerprint density at radius 1 is 1.11 bits per heavy atom. The van der Waals surface area contributed by atoms with E-state index in [1.165, 1.54) is 30.5 Å². The third kappa shape index (κ3) is 2.96. The fourth-order valence-electron chi connectivity index (χ4n) is 3.49. The summed E-state index contributed by atoms with van der Waals surface area (Å²) in [5.74, 6) is 1.14. The van der Waals surface area contributed by atoms with E-state index in [1.54, 1.807) is 23.6 Å². The molecule has 4 nitrogen and oxygen atoms in total. The summed E-state index contributed by atoms with van der Waals surface area (Å²) in [6.07, 6.45) is 4.12. The van der Waals surface area contributed by atoms with E-state index < -0.39 is 6.04 Å². The Morgan fingerprint density at radius 2 is 2.00 bits per heavy atom. The van der Waals surface area contributed by atoms with Crippen molar-refractivity contribution in [2.24, 2.45) is 15.7 Å². The average molecular weight is 376 g/mol. The normalized spacial score (nSPS) is 19.1. The Balaban J connectivity index is 1.76. The number of hydrogen-bond donors (Lipinski definition) is 1. The van der Waals surface area contributed by atoms with E-state index in [4.69, 9.17) is 10.7 Å². The van der Waals surface area contributed by atoms with Crippen LogP contribution in [0.4, 0.5) is 10.2 Å². The van der Waals surface area contributed by atoms with Gasteiger partial charge in [0.1, 0.15) is 17.7 Å². The van der Waals surface area contributed by atoms with Gasteiger partial charge in [0.2, 0.25) is 0 Å². The van der Waals surface area contributed by atoms with Gasteiger partial charge >= 0.3 is 0 Å². The highest BCUT2D eigenvalue weighted by Crippen LogP contribution is 2.45. The summed E-state index contributed by atoms with van der Waals surface area (Å²) in [6.45, 7) is 0. The summed E-state index contributed by atoms with van der Waals surface area (Å²) in [6, 6.07) is 11.9. The molecule has 134 valence electrons. The lowest BCUT2D eigenvalue weighted by Gasteiger charge is -2.14. The van der Waals surface area contributed by atoms with E-state index in [-0.39, 0.29) is 5.82 Å². The number of nitrogens with two attached hydrogens (primary N) is 1. The van der Waals surface area contributed by atoms with Gasteiger partial charge in [0.25, 0.3) is 0 Å². The summed E-state index contributed by atoms with van der Waals surface area (Å²) < 4.78 is 13.8. The first-order valence-corrected chi connectivity index (χ1v) is 9.79. The zero-order chi connectivity index (χ0) is 18.4. The van der Waals surface area contributed by atoms with E-state index in [9.17, 15) is 4.39 Å². The lowest BCUT2D eigenvalue weighted by molar-refractivity contribution is 0.624. The van der Waals surface area contributed by atoms with Crippen molar-refractivity contribution in [3.63, 3.8) is 0 Å². The number of aromatic nitrogens is 1. The van der Waals surface area contributed by atoms with Crippen molar-refractivity contribution in [1.82, 2.24) is 4.98 Å². The predicted octanol–water partition coefficient (Wildman–Crippen LogP) is 4.74. The van der Waals surface area contributed by atoms with E-state index in [1.807, 2.05) is 23.6 Å². The molecular weight excluding hydrogens is 359 g/mol. The van der Waals surface area contributed by atoms with Crippen LogP contribution in [0.15, 0.2) is 64.0 Å². The monoisotopic (exact) mass is 376 g/mol. The van der Waals surface area contributed by atoms with Gasteiger partial charge in [0, 0.05) is 11.8 Å². The van der Waals surface area contributed by atoms with Crippen LogP contribution < -0.4 is 5.73 Å². The van der Waals surface area contributed by atoms with Crippen molar-refractivity contribution >= 4 is 28.7 Å². The Kier molecular flexibility index (Phi) is 3.86. The molecule has 1 saturated carbocycles. The molecule has 6 heteroatoms. The summed E-state index contributed by atoms with van der Waals surface area (Å²) in [7, 11) is 0. The number of fused-ring (bicyclic) bond motifs is 1. The molecule has 0 saturated heterocycles. The number of thiophene rings is 1. The van der Waals surface area contributed by atoms with Gasteiger partial charge in [-0.25, -0.2) is 14.4 Å². The molecule has 0 spiro atoms. The molecule has 1 unspecified atom stereocenters. The third-order valence-electron chi connectivity index (χ3n) is 4.91. The number of benzene rings is 1. The van der Waals surface area contributed by atoms with Crippen LogP contribution in [0, 0.1) is 5.82 Å². The topological polar surface area (TPSA) is 63.6 Å². The highest BCUT2D eigenvalue weighted by molar-refractivity contribution is 7.12. The molecule has 2 aliphatic rings. The molecule has 0 bridgehead atoms. The molecule has 1 aliphatic heterocycles. The molecule has 1 atom stereocenters. The molecule has 0 radical (unpaired) electrons. The zero-order valence-electron chi connectivity index (χ0n) is 14.5. The van der Waals surface area contributed by atoms with E-state index in [2.05, 4.69) is 16.0 Å². The standard InChI is InChI=1S/C21H17FN4S/c22-14-4-1-3-13(11-14)18-20(23)26-21-17(15(8-9-24-21)12-6-7-12)19(25-18)16-5-2-10-27-16/h1-5,8-12,18H,6-7H2,(H2,23,24,26). The number of amidine groups is 1. The molecule has 5 rings (SSSR count). The Morgan fingerprint density at radius 3 is 2.74 bits per heavy atom. The van der Waals surface area contributed by atoms with E-state index >= 15 is 0 Å². The first-order chi connectivity index (χ1) is 13.2. The minimum Gasteiger partial charge on any atom is -0.385 e. The molecule has 2 aromatic heterocycles. The van der Waals surface area contributed by atoms with Gasteiger partial charge in [0.05, 0.1) is 10.6 Å². The maximum atomic E-state index is 13.8. The number of hydrogen-bond acceptors (Lipinski definition) is 5. The van der Waals surface area contributed by atoms with Crippen molar-refractivity contribution in [3.05, 3.63) is 81.4 Å². The molecule has 1 fully saturated rings. The fourth-order valence-corrected chi connectivity index (χ4v) is 4.22. The highest BCUT2D eigenvalue weighted by atomic mass is 32.1. The zero-order valence-corrected chi connectivity index (χ0v) is 15.3. The summed E-state index contributed by atoms with van der Waals surface area (Å²) in [5.41, 5.74) is 10.0. The smallest absolute Gasteiger partial charge is 0.163 e. The second-order valence-corrected chi connectivity index (χ2v) is 7.77. The Hall–Kier alpha value is -2.86. The van der Waals surface area contributed by atoms with E-state index in [0.29, 0.717) is 23.1 Å². The number of aliphatic imine (C=N–C) groups is 2. The minimum atomic E-state index is -0.543. The van der Waals surface area contributed by atoms with Crippen LogP contribution in [0.1, 0.15) is 46.4 Å². The molecule has 3 heterocycles. The molecule has 1 aromatic carbocycles. The molecular formula is C21H17FN4S. The fraction of sp³-hybridized carbons (Fsp3) is 0.190. The van der Waals surface area contributed by atoms with Crippen LogP contribution in [-0.4, -0.2) is 16.5 Å². The van der Waals surface area contributed by atoms with Crippen molar-refractivity contribution in [2.75, 3.05) is 0 Å².